The first kappa shape index (κ1) is 12.9. The lowest BCUT2D eigenvalue weighted by atomic mass is 9.95. The van der Waals surface area contributed by atoms with Crippen LogP contribution in [0.25, 0.3) is 0 Å². The first-order valence-corrected chi connectivity index (χ1v) is 5.19. The molecule has 0 aromatic carbocycles. The Balaban J connectivity index is 2.69. The highest BCUT2D eigenvalue weighted by atomic mass is 32.2. The molecule has 1 rings (SSSR count). The molecule has 0 aromatic rings. The van der Waals surface area contributed by atoms with Gasteiger partial charge in [-0.25, -0.2) is 4.18 Å². The molecule has 0 radical (unpaired) electrons. The fourth-order valence-corrected chi connectivity index (χ4v) is 1.71. The van der Waals surface area contributed by atoms with E-state index < -0.39 is 48.5 Å². The summed E-state index contributed by atoms with van der Waals surface area (Å²) in [7, 11) is 0. The number of aliphatic hydroxyl groups excluding tert-OH is 4. The smallest absolute Gasteiger partial charge is 0.303 e. The van der Waals surface area contributed by atoms with Crippen molar-refractivity contribution in [1.29, 1.82) is 0 Å². The maximum atomic E-state index is 10.3. The number of hydrogen-bond donors (Lipinski definition) is 6. The zero-order chi connectivity index (χ0) is 11.6. The molecular weight excluding hydrogens is 230 g/mol. The summed E-state index contributed by atoms with van der Waals surface area (Å²) in [6.07, 6.45) is -5.82. The van der Waals surface area contributed by atoms with E-state index in [0.29, 0.717) is 0 Å². The van der Waals surface area contributed by atoms with E-state index in [-0.39, 0.29) is 0 Å². The Morgan fingerprint density at radius 2 is 1.80 bits per heavy atom. The van der Waals surface area contributed by atoms with Gasteiger partial charge in [0.05, 0.1) is 12.6 Å². The highest BCUT2D eigenvalue weighted by Crippen LogP contribution is 2.16. The van der Waals surface area contributed by atoms with Crippen LogP contribution in [0.2, 0.25) is 0 Å². The predicted molar refractivity (Wildman–Crippen MR) is 47.7 cm³/mol. The number of hydrogen-bond acceptors (Lipinski definition) is 7. The molecule has 0 amide bonds. The van der Waals surface area contributed by atoms with E-state index in [2.05, 4.69) is 9.50 Å². The summed E-state index contributed by atoms with van der Waals surface area (Å²) >= 11 is -2.62. The van der Waals surface area contributed by atoms with Crippen molar-refractivity contribution in [2.24, 2.45) is 0 Å². The van der Waals surface area contributed by atoms with Crippen molar-refractivity contribution in [2.45, 2.75) is 30.6 Å². The predicted octanol–water partition coefficient (Wildman–Crippen LogP) is -3.49. The van der Waals surface area contributed by atoms with Gasteiger partial charge in [0, 0.05) is 0 Å². The fourth-order valence-electron chi connectivity index (χ4n) is 1.36. The van der Waals surface area contributed by atoms with E-state index in [1.807, 2.05) is 0 Å². The Kier molecular flexibility index (Phi) is 4.55. The van der Waals surface area contributed by atoms with Crippen LogP contribution in [-0.2, 0) is 15.5 Å². The molecule has 90 valence electrons. The Labute approximate surface area is 88.0 Å². The van der Waals surface area contributed by atoms with Crippen molar-refractivity contribution in [1.82, 2.24) is 5.32 Å². The Morgan fingerprint density at radius 3 is 2.27 bits per heavy atom. The largest absolute Gasteiger partial charge is 0.395 e. The summed E-state index contributed by atoms with van der Waals surface area (Å²) in [6, 6.07) is -0.933. The molecule has 15 heavy (non-hydrogen) atoms. The van der Waals surface area contributed by atoms with Gasteiger partial charge in [-0.1, -0.05) is 0 Å². The van der Waals surface area contributed by atoms with Crippen LogP contribution in [0.5, 0.6) is 0 Å². The van der Waals surface area contributed by atoms with Gasteiger partial charge < -0.3 is 20.4 Å². The number of rotatable bonds is 3. The van der Waals surface area contributed by atoms with Gasteiger partial charge in [0.1, 0.15) is 18.3 Å². The van der Waals surface area contributed by atoms with Gasteiger partial charge in [-0.2, -0.15) is 4.21 Å². The Morgan fingerprint density at radius 1 is 1.20 bits per heavy atom. The summed E-state index contributed by atoms with van der Waals surface area (Å²) in [5.41, 5.74) is 0. The lowest BCUT2D eigenvalue weighted by Crippen LogP contribution is -2.66. The molecule has 1 aliphatic rings. The molecule has 1 fully saturated rings. The van der Waals surface area contributed by atoms with Crippen molar-refractivity contribution in [2.75, 3.05) is 6.61 Å². The third-order valence-electron chi connectivity index (χ3n) is 2.18. The van der Waals surface area contributed by atoms with Gasteiger partial charge in [-0.05, 0) is 0 Å². The minimum Gasteiger partial charge on any atom is -0.395 e. The minimum absolute atomic E-state index is 0.511. The van der Waals surface area contributed by atoms with Crippen LogP contribution in [-0.4, -0.2) is 66.4 Å². The molecule has 0 bridgehead atoms. The molecule has 1 heterocycles. The molecule has 1 saturated heterocycles. The second-order valence-corrected chi connectivity index (χ2v) is 3.79. The molecule has 6 atom stereocenters. The summed E-state index contributed by atoms with van der Waals surface area (Å²) < 4.78 is 23.1. The molecule has 8 nitrogen and oxygen atoms in total. The van der Waals surface area contributed by atoms with Crippen LogP contribution in [0.3, 0.4) is 0 Å². The van der Waals surface area contributed by atoms with Crippen molar-refractivity contribution in [3.63, 3.8) is 0 Å². The van der Waals surface area contributed by atoms with Gasteiger partial charge in [-0.3, -0.25) is 9.87 Å². The quantitative estimate of drug-likeness (QED) is 0.281. The maximum Gasteiger partial charge on any atom is 0.303 e. The fraction of sp³-hybridized carbons (Fsp3) is 1.00. The number of piperidine rings is 1. The average molecular weight is 243 g/mol. The zero-order valence-electron chi connectivity index (χ0n) is 7.55. The summed E-state index contributed by atoms with van der Waals surface area (Å²) in [5, 5.41) is 39.2. The third-order valence-corrected chi connectivity index (χ3v) is 2.56. The van der Waals surface area contributed by atoms with Crippen LogP contribution in [0, 0.1) is 0 Å². The maximum absolute atomic E-state index is 10.3. The summed E-state index contributed by atoms with van der Waals surface area (Å²) in [4.78, 5) is 0. The molecule has 1 aliphatic heterocycles. The lowest BCUT2D eigenvalue weighted by molar-refractivity contribution is -0.153. The van der Waals surface area contributed by atoms with E-state index >= 15 is 0 Å². The van der Waals surface area contributed by atoms with Crippen molar-refractivity contribution in [3.8, 4) is 0 Å². The second-order valence-electron chi connectivity index (χ2n) is 3.16. The van der Waals surface area contributed by atoms with E-state index in [1.54, 1.807) is 0 Å². The molecule has 0 spiro atoms. The summed E-state index contributed by atoms with van der Waals surface area (Å²) in [5.74, 6) is 0. The van der Waals surface area contributed by atoms with Gasteiger partial charge in [0.2, 0.25) is 0 Å². The highest BCUT2D eigenvalue weighted by Gasteiger charge is 2.43. The van der Waals surface area contributed by atoms with Crippen LogP contribution in [0.15, 0.2) is 0 Å². The molecule has 0 aliphatic carbocycles. The van der Waals surface area contributed by atoms with E-state index in [4.69, 9.17) is 9.66 Å². The van der Waals surface area contributed by atoms with Crippen LogP contribution in [0.1, 0.15) is 0 Å². The van der Waals surface area contributed by atoms with Crippen molar-refractivity contribution < 1.29 is 33.4 Å². The van der Waals surface area contributed by atoms with E-state index in [1.165, 1.54) is 0 Å². The second kappa shape index (κ2) is 5.27. The number of nitrogens with one attached hydrogen (secondary N) is 1. The zero-order valence-corrected chi connectivity index (χ0v) is 8.37. The molecule has 0 saturated carbocycles. The first-order chi connectivity index (χ1) is 6.97. The van der Waals surface area contributed by atoms with E-state index in [9.17, 15) is 19.5 Å². The molecular formula is C6H13NO7S. The molecule has 1 unspecified atom stereocenters. The molecule has 0 aromatic heterocycles. The van der Waals surface area contributed by atoms with Gasteiger partial charge in [0.25, 0.3) is 0 Å². The molecule has 9 heteroatoms. The Bertz CT molecular complexity index is 238. The molecule has 6 N–H and O–H groups in total. The van der Waals surface area contributed by atoms with Crippen molar-refractivity contribution in [3.05, 3.63) is 0 Å². The topological polar surface area (TPSA) is 139 Å². The SMILES string of the molecule is O=S(O)O[C@@H]1N[C@H](CO)[C@H](O)[C@H](O)[C@@H]1O. The highest BCUT2D eigenvalue weighted by molar-refractivity contribution is 7.74. The normalized spacial score (nSPS) is 43.9. The summed E-state index contributed by atoms with van der Waals surface area (Å²) in [6.45, 7) is -0.511. The third kappa shape index (κ3) is 2.92. The van der Waals surface area contributed by atoms with Crippen LogP contribution in [0.4, 0.5) is 0 Å². The van der Waals surface area contributed by atoms with Gasteiger partial charge >= 0.3 is 11.4 Å². The van der Waals surface area contributed by atoms with Gasteiger partial charge in [-0.15, -0.1) is 0 Å². The first-order valence-electron chi connectivity index (χ1n) is 4.16. The average Bonchev–Trinajstić information content (AvgIpc) is 2.18. The van der Waals surface area contributed by atoms with E-state index in [0.717, 1.165) is 0 Å². The van der Waals surface area contributed by atoms with Crippen LogP contribution < -0.4 is 5.32 Å². The number of aliphatic hydroxyl groups is 4. The van der Waals surface area contributed by atoms with Gasteiger partial charge in [0.15, 0.2) is 6.23 Å². The lowest BCUT2D eigenvalue weighted by Gasteiger charge is -2.39. The minimum atomic E-state index is -2.62. The Hall–Kier alpha value is -0.130. The standard InChI is InChI=1S/C6H13NO7S/c8-1-2-3(9)4(10)5(11)6(7-2)14-15(12)13/h2-11H,1H2,(H,12,13)/t2-,3+,4+,5+,6+/m1/s1. The van der Waals surface area contributed by atoms with Crippen molar-refractivity contribution >= 4 is 11.4 Å². The monoisotopic (exact) mass is 243 g/mol. The van der Waals surface area contributed by atoms with Crippen LogP contribution >= 0.6 is 0 Å².